The van der Waals surface area contributed by atoms with Crippen LogP contribution < -0.4 is 5.32 Å². The highest BCUT2D eigenvalue weighted by atomic mass is 79.9. The van der Waals surface area contributed by atoms with Gasteiger partial charge in [-0.15, -0.1) is 0 Å². The molecule has 0 spiro atoms. The monoisotopic (exact) mass is 283 g/mol. The van der Waals surface area contributed by atoms with Gasteiger partial charge in [0.2, 0.25) is 0 Å². The Kier molecular flexibility index (Phi) is 6.07. The lowest BCUT2D eigenvalue weighted by molar-refractivity contribution is 0.449. The Bertz CT molecular complexity index is 319. The minimum Gasteiger partial charge on any atom is -0.312 e. The zero-order valence-corrected chi connectivity index (χ0v) is 12.1. The minimum absolute atomic E-state index is 0.809. The van der Waals surface area contributed by atoms with Crippen molar-refractivity contribution in [3.05, 3.63) is 33.8 Å². The van der Waals surface area contributed by atoms with Gasteiger partial charge >= 0.3 is 0 Å². The van der Waals surface area contributed by atoms with Crippen LogP contribution in [0.5, 0.6) is 0 Å². The summed E-state index contributed by atoms with van der Waals surface area (Å²) in [5.74, 6) is 0.809. The summed E-state index contributed by atoms with van der Waals surface area (Å²) < 4.78 is 1.21. The van der Waals surface area contributed by atoms with Gasteiger partial charge in [-0.1, -0.05) is 54.8 Å². The van der Waals surface area contributed by atoms with Crippen LogP contribution in [0.2, 0.25) is 0 Å². The topological polar surface area (TPSA) is 12.0 Å². The Morgan fingerprint density at radius 1 is 1.25 bits per heavy atom. The molecule has 0 aromatic heterocycles. The molecule has 1 aromatic carbocycles. The summed E-state index contributed by atoms with van der Waals surface area (Å²) in [6.45, 7) is 8.71. The Morgan fingerprint density at radius 2 is 1.94 bits per heavy atom. The van der Waals surface area contributed by atoms with Crippen molar-refractivity contribution in [1.29, 1.82) is 0 Å². The van der Waals surface area contributed by atoms with Crippen LogP contribution in [0.15, 0.2) is 22.7 Å². The maximum Gasteiger partial charge on any atom is 0.0222 e. The molecule has 1 N–H and O–H groups in total. The van der Waals surface area contributed by atoms with Crippen LogP contribution >= 0.6 is 15.9 Å². The van der Waals surface area contributed by atoms with Gasteiger partial charge in [0.15, 0.2) is 0 Å². The van der Waals surface area contributed by atoms with E-state index in [1.807, 2.05) is 0 Å². The largest absolute Gasteiger partial charge is 0.312 e. The van der Waals surface area contributed by atoms with Gasteiger partial charge in [0, 0.05) is 11.0 Å². The normalized spacial score (nSPS) is 11.1. The second kappa shape index (κ2) is 7.08. The van der Waals surface area contributed by atoms with E-state index in [1.165, 1.54) is 28.4 Å². The van der Waals surface area contributed by atoms with E-state index in [-0.39, 0.29) is 0 Å². The summed E-state index contributed by atoms with van der Waals surface area (Å²) in [7, 11) is 0. The average Bonchev–Trinajstić information content (AvgIpc) is 2.27. The second-order valence-corrected chi connectivity index (χ2v) is 5.26. The maximum absolute atomic E-state index is 3.61. The molecule has 0 aliphatic rings. The van der Waals surface area contributed by atoms with E-state index >= 15 is 0 Å². The summed E-state index contributed by atoms with van der Waals surface area (Å²) in [6.07, 6.45) is 2.52. The van der Waals surface area contributed by atoms with E-state index in [2.05, 4.69) is 60.2 Å². The molecule has 0 bridgehead atoms. The SMILES string of the molecule is CCC(CC)CNCc1ccc(C)cc1Br. The Hall–Kier alpha value is -0.340. The van der Waals surface area contributed by atoms with Gasteiger partial charge in [-0.05, 0) is 36.6 Å². The van der Waals surface area contributed by atoms with Crippen molar-refractivity contribution in [2.24, 2.45) is 5.92 Å². The first-order valence-corrected chi connectivity index (χ1v) is 6.92. The molecule has 0 aliphatic carbocycles. The third kappa shape index (κ3) is 4.26. The molecule has 90 valence electrons. The molecule has 16 heavy (non-hydrogen) atoms. The molecule has 0 amide bonds. The van der Waals surface area contributed by atoms with Gasteiger partial charge in [-0.2, -0.15) is 0 Å². The number of benzene rings is 1. The van der Waals surface area contributed by atoms with Gasteiger partial charge in [0.05, 0.1) is 0 Å². The van der Waals surface area contributed by atoms with Crippen LogP contribution in [0.1, 0.15) is 37.8 Å². The number of hydrogen-bond donors (Lipinski definition) is 1. The number of hydrogen-bond acceptors (Lipinski definition) is 1. The van der Waals surface area contributed by atoms with Crippen molar-refractivity contribution in [3.63, 3.8) is 0 Å². The van der Waals surface area contributed by atoms with E-state index in [0.29, 0.717) is 0 Å². The van der Waals surface area contributed by atoms with E-state index in [4.69, 9.17) is 0 Å². The fourth-order valence-electron chi connectivity index (χ4n) is 1.78. The number of aryl methyl sites for hydroxylation is 1. The highest BCUT2D eigenvalue weighted by molar-refractivity contribution is 9.10. The van der Waals surface area contributed by atoms with Crippen molar-refractivity contribution in [1.82, 2.24) is 5.32 Å². The summed E-state index contributed by atoms with van der Waals surface area (Å²) in [6, 6.07) is 6.53. The fourth-order valence-corrected chi connectivity index (χ4v) is 2.42. The maximum atomic E-state index is 3.61. The second-order valence-electron chi connectivity index (χ2n) is 4.41. The van der Waals surface area contributed by atoms with Crippen molar-refractivity contribution >= 4 is 15.9 Å². The molecule has 0 radical (unpaired) electrons. The van der Waals surface area contributed by atoms with Crippen LogP contribution in [0, 0.1) is 12.8 Å². The summed E-state index contributed by atoms with van der Waals surface area (Å²) in [5.41, 5.74) is 2.65. The molecule has 0 fully saturated rings. The smallest absolute Gasteiger partial charge is 0.0222 e. The van der Waals surface area contributed by atoms with Crippen molar-refractivity contribution in [3.8, 4) is 0 Å². The highest BCUT2D eigenvalue weighted by Gasteiger charge is 2.04. The van der Waals surface area contributed by atoms with E-state index in [9.17, 15) is 0 Å². The molecule has 0 atom stereocenters. The minimum atomic E-state index is 0.809. The Balaban J connectivity index is 2.42. The molecule has 1 aromatic rings. The third-order valence-corrected chi connectivity index (χ3v) is 3.85. The quantitative estimate of drug-likeness (QED) is 0.822. The molecule has 0 aliphatic heterocycles. The van der Waals surface area contributed by atoms with Gasteiger partial charge in [0.1, 0.15) is 0 Å². The zero-order chi connectivity index (χ0) is 12.0. The summed E-state index contributed by atoms with van der Waals surface area (Å²) in [5, 5.41) is 3.53. The van der Waals surface area contributed by atoms with E-state index in [0.717, 1.165) is 19.0 Å². The first-order chi connectivity index (χ1) is 7.67. The predicted molar refractivity (Wildman–Crippen MR) is 74.7 cm³/mol. The van der Waals surface area contributed by atoms with Crippen molar-refractivity contribution < 1.29 is 0 Å². The standard InChI is InChI=1S/C14H22BrN/c1-4-12(5-2)9-16-10-13-7-6-11(3)8-14(13)15/h6-8,12,16H,4-5,9-10H2,1-3H3. The van der Waals surface area contributed by atoms with Crippen LogP contribution in [0.3, 0.4) is 0 Å². The zero-order valence-electron chi connectivity index (χ0n) is 10.5. The molecule has 0 saturated carbocycles. The number of rotatable bonds is 6. The number of halogens is 1. The van der Waals surface area contributed by atoms with E-state index < -0.39 is 0 Å². The predicted octanol–water partition coefficient (Wildman–Crippen LogP) is 4.28. The molecule has 1 rings (SSSR count). The van der Waals surface area contributed by atoms with Crippen LogP contribution in [-0.4, -0.2) is 6.54 Å². The first-order valence-electron chi connectivity index (χ1n) is 6.13. The van der Waals surface area contributed by atoms with Crippen LogP contribution in [0.25, 0.3) is 0 Å². The third-order valence-electron chi connectivity index (χ3n) is 3.11. The van der Waals surface area contributed by atoms with Crippen LogP contribution in [0.4, 0.5) is 0 Å². The van der Waals surface area contributed by atoms with Gasteiger partial charge in [-0.3, -0.25) is 0 Å². The van der Waals surface area contributed by atoms with Gasteiger partial charge < -0.3 is 5.32 Å². The Labute approximate surface area is 108 Å². The summed E-state index contributed by atoms with van der Waals surface area (Å²) >= 11 is 3.61. The average molecular weight is 284 g/mol. The first kappa shape index (κ1) is 13.7. The molecule has 0 heterocycles. The molecular formula is C14H22BrN. The van der Waals surface area contributed by atoms with Gasteiger partial charge in [0.25, 0.3) is 0 Å². The molecule has 0 saturated heterocycles. The van der Waals surface area contributed by atoms with Gasteiger partial charge in [-0.25, -0.2) is 0 Å². The number of nitrogens with one attached hydrogen (secondary N) is 1. The molecule has 2 heteroatoms. The van der Waals surface area contributed by atoms with Crippen LogP contribution in [-0.2, 0) is 6.54 Å². The Morgan fingerprint density at radius 3 is 2.50 bits per heavy atom. The highest BCUT2D eigenvalue weighted by Crippen LogP contribution is 2.18. The fraction of sp³-hybridized carbons (Fsp3) is 0.571. The molecular weight excluding hydrogens is 262 g/mol. The van der Waals surface area contributed by atoms with Crippen molar-refractivity contribution in [2.45, 2.75) is 40.2 Å². The summed E-state index contributed by atoms with van der Waals surface area (Å²) in [4.78, 5) is 0. The molecule has 0 unspecified atom stereocenters. The van der Waals surface area contributed by atoms with Crippen molar-refractivity contribution in [2.75, 3.05) is 6.54 Å². The lowest BCUT2D eigenvalue weighted by Crippen LogP contribution is -2.21. The van der Waals surface area contributed by atoms with E-state index in [1.54, 1.807) is 0 Å². The lowest BCUT2D eigenvalue weighted by Gasteiger charge is -2.14. The lowest BCUT2D eigenvalue weighted by atomic mass is 10.0. The molecule has 1 nitrogen and oxygen atoms in total.